The van der Waals surface area contributed by atoms with Crippen LogP contribution in [-0.4, -0.2) is 34.5 Å². The Labute approximate surface area is 207 Å². The molecule has 188 valence electrons. The topological polar surface area (TPSA) is 98.8 Å². The zero-order chi connectivity index (χ0) is 26.0. The lowest BCUT2D eigenvalue weighted by Gasteiger charge is -2.30. The molecule has 1 N–H and O–H groups in total. The van der Waals surface area contributed by atoms with Gasteiger partial charge in [0.05, 0.1) is 26.1 Å². The Hall–Kier alpha value is -3.13. The summed E-state index contributed by atoms with van der Waals surface area (Å²) in [6.45, 7) is 9.55. The van der Waals surface area contributed by atoms with Crippen LogP contribution in [0, 0.1) is 16.7 Å². The molecule has 8 heteroatoms. The lowest BCUT2D eigenvalue weighted by atomic mass is 9.75. The fourth-order valence-electron chi connectivity index (χ4n) is 4.79. The van der Waals surface area contributed by atoms with Crippen molar-refractivity contribution in [2.75, 3.05) is 14.2 Å². The minimum atomic E-state index is -4.28. The molecule has 1 aliphatic rings. The van der Waals surface area contributed by atoms with E-state index in [4.69, 9.17) is 9.47 Å². The van der Waals surface area contributed by atoms with Gasteiger partial charge in [-0.1, -0.05) is 63.2 Å². The predicted octanol–water partition coefficient (Wildman–Crippen LogP) is 4.43. The number of carbonyl (C=O) groups excluding carboxylic acids is 2. The van der Waals surface area contributed by atoms with Gasteiger partial charge in [-0.05, 0) is 41.0 Å². The van der Waals surface area contributed by atoms with E-state index in [1.165, 1.54) is 26.4 Å². The number of nitrogens with one attached hydrogen (secondary N) is 1. The van der Waals surface area contributed by atoms with Crippen LogP contribution in [-0.2, 0) is 24.3 Å². The third-order valence-electron chi connectivity index (χ3n) is 6.95. The molecule has 1 saturated carbocycles. The van der Waals surface area contributed by atoms with E-state index < -0.39 is 38.6 Å². The Morgan fingerprint density at radius 1 is 1.14 bits per heavy atom. The Morgan fingerprint density at radius 2 is 1.80 bits per heavy atom. The van der Waals surface area contributed by atoms with E-state index in [-0.39, 0.29) is 23.0 Å². The maximum atomic E-state index is 13.5. The summed E-state index contributed by atoms with van der Waals surface area (Å²) in [4.78, 5) is 25.3. The molecule has 1 fully saturated rings. The Kier molecular flexibility index (Phi) is 7.45. The molecule has 0 spiro atoms. The molecular weight excluding hydrogens is 466 g/mol. The number of rotatable bonds is 9. The number of methoxy groups -OCH3 is 2. The summed E-state index contributed by atoms with van der Waals surface area (Å²) in [6, 6.07) is 14.0. The maximum absolute atomic E-state index is 13.5. The number of hydrogen-bond acceptors (Lipinski definition) is 6. The summed E-state index contributed by atoms with van der Waals surface area (Å²) in [5, 5.41) is 0. The summed E-state index contributed by atoms with van der Waals surface area (Å²) in [5.41, 5.74) is 0.0885. The predicted molar refractivity (Wildman–Crippen MR) is 133 cm³/mol. The van der Waals surface area contributed by atoms with Crippen molar-refractivity contribution in [1.29, 1.82) is 0 Å². The van der Waals surface area contributed by atoms with Crippen molar-refractivity contribution in [1.82, 2.24) is 4.72 Å². The van der Waals surface area contributed by atoms with Crippen LogP contribution in [0.5, 0.6) is 5.75 Å². The summed E-state index contributed by atoms with van der Waals surface area (Å²) in [6.07, 6.45) is 2.26. The van der Waals surface area contributed by atoms with E-state index in [1.54, 1.807) is 12.1 Å². The van der Waals surface area contributed by atoms with Gasteiger partial charge in [-0.3, -0.25) is 9.59 Å². The van der Waals surface area contributed by atoms with Crippen LogP contribution in [0.25, 0.3) is 0 Å². The van der Waals surface area contributed by atoms with Crippen molar-refractivity contribution in [3.63, 3.8) is 0 Å². The lowest BCUT2D eigenvalue weighted by Crippen LogP contribution is -2.43. The number of sulfonamides is 1. The van der Waals surface area contributed by atoms with E-state index in [1.807, 2.05) is 51.1 Å². The number of hydrogen-bond donors (Lipinski definition) is 1. The second-order valence-corrected chi connectivity index (χ2v) is 11.5. The summed E-state index contributed by atoms with van der Waals surface area (Å²) < 4.78 is 39.4. The third kappa shape index (κ3) is 5.12. The van der Waals surface area contributed by atoms with E-state index in [0.29, 0.717) is 12.0 Å². The molecule has 0 saturated heterocycles. The minimum absolute atomic E-state index is 0.0207. The highest BCUT2D eigenvalue weighted by atomic mass is 32.2. The fraction of sp³-hybridized carbons (Fsp3) is 0.407. The fourth-order valence-corrected chi connectivity index (χ4v) is 6.03. The average Bonchev–Trinajstić information content (AvgIpc) is 3.59. The molecule has 0 aliphatic heterocycles. The van der Waals surface area contributed by atoms with Gasteiger partial charge in [-0.15, -0.1) is 6.58 Å². The molecule has 35 heavy (non-hydrogen) atoms. The van der Waals surface area contributed by atoms with Crippen molar-refractivity contribution in [3.8, 4) is 5.75 Å². The number of amides is 1. The molecule has 7 nitrogen and oxygen atoms in total. The third-order valence-corrected chi connectivity index (χ3v) is 8.30. The molecule has 2 aromatic rings. The van der Waals surface area contributed by atoms with Gasteiger partial charge < -0.3 is 9.47 Å². The first kappa shape index (κ1) is 26.5. The molecule has 0 heterocycles. The molecule has 3 atom stereocenters. The molecular formula is C27H33NO6S. The molecule has 3 rings (SSSR count). The molecule has 1 unspecified atom stereocenters. The lowest BCUT2D eigenvalue weighted by molar-refractivity contribution is -0.140. The number of esters is 1. The SMILES string of the molecule is C=C[C@@H]1C[C@@]1(C(=O)NS(=O)(=O)c1cc(C(CC(=O)OC)c2ccccc2)ccc1OC)C(C)(C)C. The van der Waals surface area contributed by atoms with Gasteiger partial charge in [0.15, 0.2) is 0 Å². The smallest absolute Gasteiger partial charge is 0.306 e. The highest BCUT2D eigenvalue weighted by Gasteiger charge is 2.65. The van der Waals surface area contributed by atoms with Crippen LogP contribution in [0.2, 0.25) is 0 Å². The Bertz CT molecular complexity index is 1220. The van der Waals surface area contributed by atoms with Crippen LogP contribution < -0.4 is 9.46 Å². The van der Waals surface area contributed by atoms with Gasteiger partial charge >= 0.3 is 5.97 Å². The average molecular weight is 500 g/mol. The van der Waals surface area contributed by atoms with Gasteiger partial charge in [-0.25, -0.2) is 13.1 Å². The standard InChI is InChI=1S/C27H33NO6S/c1-7-20-17-27(20,26(2,3)4)25(30)28-35(31,32)23-15-19(13-14-22(23)33-5)21(16-24(29)34-6)18-11-9-8-10-12-18/h7-15,20-21H,1,16-17H2,2-6H3,(H,28,30)/t20-,21?,27-/m1/s1. The highest BCUT2D eigenvalue weighted by molar-refractivity contribution is 7.90. The second-order valence-electron chi connectivity index (χ2n) is 9.86. The van der Waals surface area contributed by atoms with Gasteiger partial charge in [0, 0.05) is 5.92 Å². The van der Waals surface area contributed by atoms with Gasteiger partial charge in [0.2, 0.25) is 5.91 Å². The van der Waals surface area contributed by atoms with Crippen LogP contribution in [0.4, 0.5) is 0 Å². The second kappa shape index (κ2) is 9.85. The van der Waals surface area contributed by atoms with E-state index >= 15 is 0 Å². The van der Waals surface area contributed by atoms with Crippen LogP contribution in [0.3, 0.4) is 0 Å². The zero-order valence-electron chi connectivity index (χ0n) is 20.8. The van der Waals surface area contributed by atoms with Crippen molar-refractivity contribution >= 4 is 21.9 Å². The number of benzene rings is 2. The number of carbonyl (C=O) groups is 2. The van der Waals surface area contributed by atoms with Crippen molar-refractivity contribution in [3.05, 3.63) is 72.3 Å². The summed E-state index contributed by atoms with van der Waals surface area (Å²) >= 11 is 0. The number of ether oxygens (including phenoxy) is 2. The monoisotopic (exact) mass is 499 g/mol. The Morgan fingerprint density at radius 3 is 2.31 bits per heavy atom. The summed E-state index contributed by atoms with van der Waals surface area (Å²) in [5.74, 6) is -1.44. The number of allylic oxidation sites excluding steroid dienone is 1. The molecule has 0 aromatic heterocycles. The van der Waals surface area contributed by atoms with Crippen molar-refractivity contribution < 1.29 is 27.5 Å². The van der Waals surface area contributed by atoms with Gasteiger partial charge in [-0.2, -0.15) is 0 Å². The van der Waals surface area contributed by atoms with Crippen LogP contribution in [0.1, 0.15) is 50.7 Å². The normalized spacial score (nSPS) is 20.4. The van der Waals surface area contributed by atoms with Gasteiger partial charge in [0.25, 0.3) is 10.0 Å². The molecule has 2 aromatic carbocycles. The molecule has 0 bridgehead atoms. The first-order valence-corrected chi connectivity index (χ1v) is 12.9. The minimum Gasteiger partial charge on any atom is -0.495 e. The molecule has 0 radical (unpaired) electrons. The zero-order valence-corrected chi connectivity index (χ0v) is 21.6. The molecule has 1 aliphatic carbocycles. The summed E-state index contributed by atoms with van der Waals surface area (Å²) in [7, 11) is -1.61. The van der Waals surface area contributed by atoms with Gasteiger partial charge in [0.1, 0.15) is 10.6 Å². The van der Waals surface area contributed by atoms with E-state index in [0.717, 1.165) is 5.56 Å². The van der Waals surface area contributed by atoms with E-state index in [2.05, 4.69) is 11.3 Å². The van der Waals surface area contributed by atoms with E-state index in [9.17, 15) is 18.0 Å². The molecule has 1 amide bonds. The highest BCUT2D eigenvalue weighted by Crippen LogP contribution is 2.64. The van der Waals surface area contributed by atoms with Crippen molar-refractivity contribution in [2.24, 2.45) is 16.7 Å². The maximum Gasteiger partial charge on any atom is 0.306 e. The first-order chi connectivity index (χ1) is 16.4. The Balaban J connectivity index is 2.03. The van der Waals surface area contributed by atoms with Crippen LogP contribution in [0.15, 0.2) is 66.1 Å². The van der Waals surface area contributed by atoms with Crippen LogP contribution >= 0.6 is 0 Å². The van der Waals surface area contributed by atoms with Crippen molar-refractivity contribution in [2.45, 2.75) is 44.4 Å². The largest absolute Gasteiger partial charge is 0.495 e. The quantitative estimate of drug-likeness (QED) is 0.405. The first-order valence-electron chi connectivity index (χ1n) is 11.4.